The van der Waals surface area contributed by atoms with Gasteiger partial charge in [-0.2, -0.15) is 0 Å². The second-order valence-corrected chi connectivity index (χ2v) is 6.86. The first-order chi connectivity index (χ1) is 10.7. The molecular weight excluding hydrogens is 342 g/mol. The Morgan fingerprint density at radius 2 is 1.45 bits per heavy atom. The Morgan fingerprint density at radius 1 is 0.909 bits per heavy atom. The van der Waals surface area contributed by atoms with Crippen LogP contribution in [-0.2, 0) is 0 Å². The van der Waals surface area contributed by atoms with E-state index in [0.717, 1.165) is 31.0 Å². The molecule has 0 rings (SSSR count). The molecule has 0 aliphatic heterocycles. The summed E-state index contributed by atoms with van der Waals surface area (Å²) in [5, 5.41) is 12.1. The van der Waals surface area contributed by atoms with Crippen LogP contribution in [0.3, 0.4) is 0 Å². The van der Waals surface area contributed by atoms with Gasteiger partial charge in [0.25, 0.3) is 0 Å². The van der Waals surface area contributed by atoms with E-state index >= 15 is 0 Å². The lowest BCUT2D eigenvalue weighted by atomic mass is 10.1. The first-order valence-electron chi connectivity index (χ1n) is 9.11. The van der Waals surface area contributed by atoms with Gasteiger partial charge in [0.05, 0.1) is 4.92 Å². The van der Waals surface area contributed by atoms with E-state index in [2.05, 4.69) is 22.9 Å². The van der Waals surface area contributed by atoms with Crippen LogP contribution in [0.25, 0.3) is 0 Å². The third-order valence-corrected chi connectivity index (χ3v) is 4.55. The van der Waals surface area contributed by atoms with Gasteiger partial charge in [0.2, 0.25) is 5.70 Å². The number of hydrogen-bond acceptors (Lipinski definition) is 2. The summed E-state index contributed by atoms with van der Waals surface area (Å²) in [6, 6.07) is 0. The lowest BCUT2D eigenvalue weighted by Crippen LogP contribution is -1.99. The average molecular weight is 376 g/mol. The van der Waals surface area contributed by atoms with Crippen LogP contribution in [0.1, 0.15) is 96.8 Å². The Bertz CT molecular complexity index is 293. The summed E-state index contributed by atoms with van der Waals surface area (Å²) in [5.74, 6) is 0. The van der Waals surface area contributed by atoms with Gasteiger partial charge in [-0.05, 0) is 31.8 Å². The molecule has 0 aliphatic carbocycles. The molecule has 0 aliphatic rings. The zero-order valence-corrected chi connectivity index (χ0v) is 15.9. The number of nitro groups is 1. The van der Waals surface area contributed by atoms with Gasteiger partial charge in [-0.25, -0.2) is 0 Å². The highest BCUT2D eigenvalue weighted by Crippen LogP contribution is 2.15. The highest BCUT2D eigenvalue weighted by Gasteiger charge is 2.09. The van der Waals surface area contributed by atoms with Crippen molar-refractivity contribution in [1.82, 2.24) is 0 Å². The lowest BCUT2D eigenvalue weighted by molar-refractivity contribution is -0.428. The number of unbranched alkanes of at least 4 members (excludes halogenated alkanes) is 11. The van der Waals surface area contributed by atoms with E-state index in [1.165, 1.54) is 57.8 Å². The van der Waals surface area contributed by atoms with Gasteiger partial charge < -0.3 is 0 Å². The predicted molar refractivity (Wildman–Crippen MR) is 99.2 cm³/mol. The number of rotatable bonds is 16. The molecule has 0 fully saturated rings. The molecule has 0 radical (unpaired) electrons. The molecule has 4 heteroatoms. The number of halogens is 1. The summed E-state index contributed by atoms with van der Waals surface area (Å²) in [5.41, 5.74) is 0.439. The van der Waals surface area contributed by atoms with Crippen LogP contribution < -0.4 is 0 Å². The van der Waals surface area contributed by atoms with Crippen molar-refractivity contribution in [3.8, 4) is 0 Å². The maximum absolute atomic E-state index is 11.0. The summed E-state index contributed by atoms with van der Waals surface area (Å²) in [6.45, 7) is 2.22. The van der Waals surface area contributed by atoms with Crippen molar-refractivity contribution in [1.29, 1.82) is 0 Å². The lowest BCUT2D eigenvalue weighted by Gasteiger charge is -2.01. The fourth-order valence-corrected chi connectivity index (χ4v) is 2.97. The van der Waals surface area contributed by atoms with Crippen LogP contribution in [0.15, 0.2) is 11.8 Å². The molecule has 0 atom stereocenters. The largest absolute Gasteiger partial charge is 0.259 e. The van der Waals surface area contributed by atoms with Crippen molar-refractivity contribution in [2.24, 2.45) is 0 Å². The van der Waals surface area contributed by atoms with E-state index < -0.39 is 0 Å². The quantitative estimate of drug-likeness (QED) is 0.126. The van der Waals surface area contributed by atoms with Gasteiger partial charge in [-0.15, -0.1) is 0 Å². The molecule has 0 N–H and O–H groups in total. The normalized spacial score (nSPS) is 11.8. The van der Waals surface area contributed by atoms with E-state index in [4.69, 9.17) is 0 Å². The van der Waals surface area contributed by atoms with Crippen molar-refractivity contribution in [3.05, 3.63) is 21.9 Å². The van der Waals surface area contributed by atoms with Crippen LogP contribution in [-0.4, -0.2) is 10.3 Å². The Hall–Kier alpha value is -0.380. The van der Waals surface area contributed by atoms with Crippen molar-refractivity contribution < 1.29 is 4.92 Å². The number of alkyl halides is 1. The maximum Gasteiger partial charge on any atom is 0.242 e. The summed E-state index contributed by atoms with van der Waals surface area (Å²) in [4.78, 5) is 10.9. The van der Waals surface area contributed by atoms with E-state index in [0.29, 0.717) is 12.1 Å². The van der Waals surface area contributed by atoms with Gasteiger partial charge in [0, 0.05) is 11.8 Å². The molecule has 130 valence electrons. The molecule has 0 unspecified atom stereocenters. The maximum atomic E-state index is 11.0. The molecule has 0 amide bonds. The van der Waals surface area contributed by atoms with E-state index in [-0.39, 0.29) is 4.92 Å². The molecule has 0 aromatic carbocycles. The SMILES string of the molecule is CCCCCCCC/C=C(/CCCCCCCCBr)[N+](=O)[O-]. The predicted octanol–water partition coefficient (Wildman–Crippen LogP) is 7.02. The average Bonchev–Trinajstić information content (AvgIpc) is 2.50. The Balaban J connectivity index is 3.67. The van der Waals surface area contributed by atoms with Crippen LogP contribution in [0.4, 0.5) is 0 Å². The number of hydrogen-bond donors (Lipinski definition) is 0. The van der Waals surface area contributed by atoms with Gasteiger partial charge >= 0.3 is 0 Å². The number of nitrogens with zero attached hydrogens (tertiary/aromatic N) is 1. The molecular formula is C18H34BrNO2. The molecule has 0 spiro atoms. The van der Waals surface area contributed by atoms with Gasteiger partial charge in [-0.1, -0.05) is 80.6 Å². The molecule has 22 heavy (non-hydrogen) atoms. The van der Waals surface area contributed by atoms with E-state index in [1.54, 1.807) is 0 Å². The molecule has 0 saturated heterocycles. The highest BCUT2D eigenvalue weighted by molar-refractivity contribution is 9.09. The third kappa shape index (κ3) is 14.6. The van der Waals surface area contributed by atoms with Crippen molar-refractivity contribution in [2.45, 2.75) is 96.8 Å². The van der Waals surface area contributed by atoms with Crippen LogP contribution >= 0.6 is 15.9 Å². The second-order valence-electron chi connectivity index (χ2n) is 6.07. The summed E-state index contributed by atoms with van der Waals surface area (Å²) in [7, 11) is 0. The number of allylic oxidation sites excluding steroid dienone is 2. The van der Waals surface area contributed by atoms with Crippen molar-refractivity contribution >= 4 is 15.9 Å². The molecule has 0 saturated carbocycles. The zero-order valence-electron chi connectivity index (χ0n) is 14.3. The minimum Gasteiger partial charge on any atom is -0.259 e. The fraction of sp³-hybridized carbons (Fsp3) is 0.889. The minimum atomic E-state index is -0.179. The van der Waals surface area contributed by atoms with Crippen LogP contribution in [0, 0.1) is 10.1 Å². The van der Waals surface area contributed by atoms with Gasteiger partial charge in [0.1, 0.15) is 0 Å². The standard InChI is InChI=1S/C18H34BrNO2/c1-2-3-4-5-6-9-12-15-18(20(21)22)16-13-10-7-8-11-14-17-19/h15H,2-14,16-17H2,1H3/b18-15-. The minimum absolute atomic E-state index is 0.179. The van der Waals surface area contributed by atoms with Crippen molar-refractivity contribution in [2.75, 3.05) is 5.33 Å². The summed E-state index contributed by atoms with van der Waals surface area (Å²) < 4.78 is 0. The molecule has 0 heterocycles. The summed E-state index contributed by atoms with van der Waals surface area (Å²) in [6.07, 6.45) is 17.8. The molecule has 0 aromatic heterocycles. The van der Waals surface area contributed by atoms with Crippen LogP contribution in [0.5, 0.6) is 0 Å². The zero-order chi connectivity index (χ0) is 16.5. The molecule has 0 aromatic rings. The smallest absolute Gasteiger partial charge is 0.242 e. The Morgan fingerprint density at radius 3 is 2.05 bits per heavy atom. The van der Waals surface area contributed by atoms with Gasteiger partial charge in [0.15, 0.2) is 0 Å². The first kappa shape index (κ1) is 21.6. The molecule has 3 nitrogen and oxygen atoms in total. The van der Waals surface area contributed by atoms with Gasteiger partial charge in [-0.3, -0.25) is 10.1 Å². The second kappa shape index (κ2) is 17.0. The fourth-order valence-electron chi connectivity index (χ4n) is 2.57. The Kier molecular flexibility index (Phi) is 16.7. The molecule has 0 bridgehead atoms. The topological polar surface area (TPSA) is 43.1 Å². The monoisotopic (exact) mass is 375 g/mol. The Labute approximate surface area is 145 Å². The van der Waals surface area contributed by atoms with E-state index in [1.807, 2.05) is 6.08 Å². The highest BCUT2D eigenvalue weighted by atomic mass is 79.9. The third-order valence-electron chi connectivity index (χ3n) is 3.99. The summed E-state index contributed by atoms with van der Waals surface area (Å²) >= 11 is 3.43. The van der Waals surface area contributed by atoms with E-state index in [9.17, 15) is 10.1 Å². The van der Waals surface area contributed by atoms with Crippen LogP contribution in [0.2, 0.25) is 0 Å². The van der Waals surface area contributed by atoms with Crippen molar-refractivity contribution in [3.63, 3.8) is 0 Å². The first-order valence-corrected chi connectivity index (χ1v) is 10.2.